The van der Waals surface area contributed by atoms with Crippen LogP contribution in [-0.2, 0) is 22.6 Å². The van der Waals surface area contributed by atoms with E-state index >= 15 is 0 Å². The summed E-state index contributed by atoms with van der Waals surface area (Å²) in [4.78, 5) is 16.8. The second kappa shape index (κ2) is 6.52. The summed E-state index contributed by atoms with van der Waals surface area (Å²) in [5.74, 6) is 1.28. The van der Waals surface area contributed by atoms with Crippen LogP contribution in [0.3, 0.4) is 0 Å². The largest absolute Gasteiger partial charge is 0.459 e. The fraction of sp³-hybridized carbons (Fsp3) is 0.286. The highest BCUT2D eigenvalue weighted by Gasteiger charge is 2.12. The van der Waals surface area contributed by atoms with Crippen LogP contribution in [0.2, 0.25) is 0 Å². The van der Waals surface area contributed by atoms with Gasteiger partial charge in [0.25, 0.3) is 0 Å². The molecule has 0 amide bonds. The highest BCUT2D eigenvalue weighted by Crippen LogP contribution is 2.21. The van der Waals surface area contributed by atoms with Gasteiger partial charge in [-0.2, -0.15) is 4.98 Å². The average molecular weight is 319 g/mol. The van der Waals surface area contributed by atoms with Crippen LogP contribution in [0.5, 0.6) is 0 Å². The molecule has 114 valence electrons. The van der Waals surface area contributed by atoms with Gasteiger partial charge in [-0.3, -0.25) is 4.79 Å². The molecule has 8 heteroatoms. The maximum Gasteiger partial charge on any atom is 0.306 e. The Morgan fingerprint density at radius 3 is 3.00 bits per heavy atom. The normalized spacial score (nSPS) is 10.8. The summed E-state index contributed by atoms with van der Waals surface area (Å²) in [5, 5.41) is 9.57. The monoisotopic (exact) mass is 319 g/mol. The van der Waals surface area contributed by atoms with Gasteiger partial charge in [-0.15, -0.1) is 11.3 Å². The van der Waals surface area contributed by atoms with Gasteiger partial charge in [0, 0.05) is 12.5 Å². The topological polar surface area (TPSA) is 91.2 Å². The van der Waals surface area contributed by atoms with E-state index < -0.39 is 0 Å². The number of nitrogens with zero attached hydrogens (tertiary/aromatic N) is 3. The number of thiophene rings is 1. The third-order valence-corrected chi connectivity index (χ3v) is 3.68. The molecule has 0 saturated carbocycles. The van der Waals surface area contributed by atoms with Crippen molar-refractivity contribution in [1.29, 1.82) is 0 Å². The van der Waals surface area contributed by atoms with Gasteiger partial charge in [0.15, 0.2) is 0 Å². The number of hydrogen-bond acceptors (Lipinski definition) is 8. The molecule has 0 aliphatic carbocycles. The minimum absolute atomic E-state index is 0.0977. The van der Waals surface area contributed by atoms with E-state index in [2.05, 4.69) is 15.3 Å². The van der Waals surface area contributed by atoms with Gasteiger partial charge < -0.3 is 13.8 Å². The van der Waals surface area contributed by atoms with Gasteiger partial charge in [0.05, 0.1) is 11.3 Å². The molecule has 0 saturated heterocycles. The first-order chi connectivity index (χ1) is 10.7. The average Bonchev–Trinajstić information content (AvgIpc) is 3.23. The third-order valence-electron chi connectivity index (χ3n) is 2.81. The van der Waals surface area contributed by atoms with Crippen LogP contribution < -0.4 is 0 Å². The van der Waals surface area contributed by atoms with E-state index in [9.17, 15) is 4.79 Å². The molecule has 7 nitrogen and oxygen atoms in total. The molecule has 0 aliphatic heterocycles. The Morgan fingerprint density at radius 1 is 1.36 bits per heavy atom. The quantitative estimate of drug-likeness (QED) is 0.645. The van der Waals surface area contributed by atoms with Crippen LogP contribution in [0.1, 0.15) is 23.8 Å². The molecular weight excluding hydrogens is 306 g/mol. The Morgan fingerprint density at radius 2 is 2.27 bits per heavy atom. The zero-order valence-electron chi connectivity index (χ0n) is 11.8. The lowest BCUT2D eigenvalue weighted by atomic mass is 10.3. The number of carbonyl (C=O) groups is 1. The summed E-state index contributed by atoms with van der Waals surface area (Å²) < 4.78 is 15.1. The molecule has 0 aliphatic rings. The summed E-state index contributed by atoms with van der Waals surface area (Å²) >= 11 is 1.53. The van der Waals surface area contributed by atoms with Crippen molar-refractivity contribution in [1.82, 2.24) is 15.3 Å². The molecule has 0 atom stereocenters. The lowest BCUT2D eigenvalue weighted by Crippen LogP contribution is -2.06. The highest BCUT2D eigenvalue weighted by atomic mass is 32.1. The molecule has 3 rings (SSSR count). The van der Waals surface area contributed by atoms with Crippen molar-refractivity contribution in [3.63, 3.8) is 0 Å². The molecule has 3 aromatic rings. The molecule has 3 aromatic heterocycles. The molecule has 0 radical (unpaired) electrons. The number of carbonyl (C=O) groups excluding carboxylic acids is 1. The number of hydrogen-bond donors (Lipinski definition) is 0. The molecule has 0 spiro atoms. The van der Waals surface area contributed by atoms with E-state index in [4.69, 9.17) is 13.8 Å². The standard InChI is InChI=1S/C14H13N3O4S/c1-9-7-10(16-20-9)8-19-13(18)5-4-12-15-14(17-21-12)11-3-2-6-22-11/h2-3,6-7H,4-5,8H2,1H3. The molecule has 0 aromatic carbocycles. The SMILES string of the molecule is Cc1cc(COC(=O)CCc2nc(-c3cccs3)no2)no1. The molecular formula is C14H13N3O4S. The van der Waals surface area contributed by atoms with E-state index in [1.165, 1.54) is 11.3 Å². The Hall–Kier alpha value is -2.48. The number of ether oxygens (including phenoxy) is 1. The first-order valence-corrected chi connectivity index (χ1v) is 7.53. The summed E-state index contributed by atoms with van der Waals surface area (Å²) in [7, 11) is 0. The molecule has 3 heterocycles. The fourth-order valence-corrected chi connectivity index (χ4v) is 2.43. The molecule has 0 N–H and O–H groups in total. The maximum atomic E-state index is 11.7. The minimum Gasteiger partial charge on any atom is -0.459 e. The minimum atomic E-state index is -0.350. The second-order valence-corrected chi connectivity index (χ2v) is 5.53. The Kier molecular flexibility index (Phi) is 4.29. The van der Waals surface area contributed by atoms with Gasteiger partial charge in [-0.05, 0) is 18.4 Å². The Bertz CT molecular complexity index is 748. The van der Waals surface area contributed by atoms with E-state index in [-0.39, 0.29) is 19.0 Å². The summed E-state index contributed by atoms with van der Waals surface area (Å²) in [5.41, 5.74) is 0.587. The molecule has 0 bridgehead atoms. The van der Waals surface area contributed by atoms with Crippen molar-refractivity contribution in [3.05, 3.63) is 40.9 Å². The van der Waals surface area contributed by atoms with Gasteiger partial charge in [-0.1, -0.05) is 16.4 Å². The molecule has 0 fully saturated rings. The van der Waals surface area contributed by atoms with E-state index in [0.29, 0.717) is 29.6 Å². The van der Waals surface area contributed by atoms with Crippen molar-refractivity contribution < 1.29 is 18.6 Å². The smallest absolute Gasteiger partial charge is 0.306 e. The zero-order chi connectivity index (χ0) is 15.4. The van der Waals surface area contributed by atoms with E-state index in [0.717, 1.165) is 4.88 Å². The first kappa shape index (κ1) is 14.5. The van der Waals surface area contributed by atoms with E-state index in [1.54, 1.807) is 13.0 Å². The van der Waals surface area contributed by atoms with Crippen LogP contribution in [0.25, 0.3) is 10.7 Å². The fourth-order valence-electron chi connectivity index (χ4n) is 1.78. The predicted molar refractivity (Wildman–Crippen MR) is 77.0 cm³/mol. The first-order valence-electron chi connectivity index (χ1n) is 6.65. The van der Waals surface area contributed by atoms with Crippen LogP contribution >= 0.6 is 11.3 Å². The maximum absolute atomic E-state index is 11.7. The zero-order valence-corrected chi connectivity index (χ0v) is 12.6. The summed E-state index contributed by atoms with van der Waals surface area (Å²) in [6, 6.07) is 5.55. The third kappa shape index (κ3) is 3.59. The lowest BCUT2D eigenvalue weighted by molar-refractivity contribution is -0.145. The second-order valence-electron chi connectivity index (χ2n) is 4.58. The van der Waals surface area contributed by atoms with Crippen LogP contribution in [0.15, 0.2) is 32.6 Å². The number of aryl methyl sites for hydroxylation is 2. The molecule has 0 unspecified atom stereocenters. The van der Waals surface area contributed by atoms with Crippen molar-refractivity contribution in [2.45, 2.75) is 26.4 Å². The van der Waals surface area contributed by atoms with Gasteiger partial charge in [-0.25, -0.2) is 0 Å². The van der Waals surface area contributed by atoms with Gasteiger partial charge in [0.2, 0.25) is 11.7 Å². The van der Waals surface area contributed by atoms with E-state index in [1.807, 2.05) is 17.5 Å². The van der Waals surface area contributed by atoms with Crippen molar-refractivity contribution >= 4 is 17.3 Å². The summed E-state index contributed by atoms with van der Waals surface area (Å²) in [6.45, 7) is 1.87. The Labute approximate surface area is 129 Å². The van der Waals surface area contributed by atoms with Crippen molar-refractivity contribution in [2.75, 3.05) is 0 Å². The van der Waals surface area contributed by atoms with Crippen LogP contribution in [-0.4, -0.2) is 21.3 Å². The summed E-state index contributed by atoms with van der Waals surface area (Å²) in [6.07, 6.45) is 0.512. The van der Waals surface area contributed by atoms with Gasteiger partial charge in [0.1, 0.15) is 18.1 Å². The number of rotatable bonds is 6. The molecule has 22 heavy (non-hydrogen) atoms. The predicted octanol–water partition coefficient (Wildman–Crippen LogP) is 2.77. The highest BCUT2D eigenvalue weighted by molar-refractivity contribution is 7.13. The van der Waals surface area contributed by atoms with Crippen molar-refractivity contribution in [2.24, 2.45) is 0 Å². The lowest BCUT2D eigenvalue weighted by Gasteiger charge is -2.00. The van der Waals surface area contributed by atoms with Crippen LogP contribution in [0, 0.1) is 6.92 Å². The van der Waals surface area contributed by atoms with Crippen molar-refractivity contribution in [3.8, 4) is 10.7 Å². The number of aromatic nitrogens is 3. The van der Waals surface area contributed by atoms with Crippen LogP contribution in [0.4, 0.5) is 0 Å². The Balaban J connectivity index is 1.47. The number of esters is 1. The van der Waals surface area contributed by atoms with Gasteiger partial charge >= 0.3 is 5.97 Å².